The number of hydrogen-bond donors (Lipinski definition) is 0. The van der Waals surface area contributed by atoms with Gasteiger partial charge < -0.3 is 4.90 Å². The van der Waals surface area contributed by atoms with Gasteiger partial charge in [-0.05, 0) is 30.2 Å². The highest BCUT2D eigenvalue weighted by atomic mass is 35.5. The highest BCUT2D eigenvalue weighted by molar-refractivity contribution is 6.29. The van der Waals surface area contributed by atoms with Gasteiger partial charge in [0.15, 0.2) is 0 Å². The standard InChI is InChI=1S/C16H16ClNO/c1-13-7-5-6-8-14(13)12-18(16(19)11-17)15-9-3-2-4-10-15/h2-10H,11-12H2,1H3. The Kier molecular flexibility index (Phi) is 4.58. The van der Waals surface area contributed by atoms with Crippen molar-refractivity contribution in [1.82, 2.24) is 0 Å². The van der Waals surface area contributed by atoms with Crippen molar-refractivity contribution in [3.8, 4) is 0 Å². The second kappa shape index (κ2) is 6.39. The number of para-hydroxylation sites is 1. The molecule has 0 aromatic heterocycles. The fraction of sp³-hybridized carbons (Fsp3) is 0.188. The van der Waals surface area contributed by atoms with E-state index in [1.54, 1.807) is 4.90 Å². The van der Waals surface area contributed by atoms with E-state index in [-0.39, 0.29) is 11.8 Å². The van der Waals surface area contributed by atoms with E-state index in [2.05, 4.69) is 0 Å². The molecular formula is C16H16ClNO. The number of alkyl halides is 1. The molecule has 0 spiro atoms. The molecule has 0 N–H and O–H groups in total. The number of hydrogen-bond acceptors (Lipinski definition) is 1. The summed E-state index contributed by atoms with van der Waals surface area (Å²) in [6, 6.07) is 17.7. The maximum absolute atomic E-state index is 12.0. The summed E-state index contributed by atoms with van der Waals surface area (Å²) in [5, 5.41) is 0. The van der Waals surface area contributed by atoms with Gasteiger partial charge in [0, 0.05) is 5.69 Å². The Labute approximate surface area is 118 Å². The molecule has 0 radical (unpaired) electrons. The van der Waals surface area contributed by atoms with Crippen molar-refractivity contribution < 1.29 is 4.79 Å². The van der Waals surface area contributed by atoms with Gasteiger partial charge in [0.05, 0.1) is 6.54 Å². The molecule has 0 saturated carbocycles. The van der Waals surface area contributed by atoms with Gasteiger partial charge in [0.2, 0.25) is 5.91 Å². The number of amides is 1. The van der Waals surface area contributed by atoms with Crippen LogP contribution in [0, 0.1) is 6.92 Å². The highest BCUT2D eigenvalue weighted by Crippen LogP contribution is 2.19. The summed E-state index contributed by atoms with van der Waals surface area (Å²) < 4.78 is 0. The second-order valence-electron chi connectivity index (χ2n) is 4.38. The van der Waals surface area contributed by atoms with Crippen LogP contribution in [0.5, 0.6) is 0 Å². The molecule has 0 saturated heterocycles. The number of carbonyl (C=O) groups is 1. The summed E-state index contributed by atoms with van der Waals surface area (Å²) >= 11 is 5.71. The van der Waals surface area contributed by atoms with Crippen molar-refractivity contribution in [2.24, 2.45) is 0 Å². The van der Waals surface area contributed by atoms with E-state index < -0.39 is 0 Å². The van der Waals surface area contributed by atoms with E-state index in [1.165, 1.54) is 5.56 Å². The average molecular weight is 274 g/mol. The molecule has 2 aromatic rings. The molecule has 2 aromatic carbocycles. The predicted molar refractivity (Wildman–Crippen MR) is 79.5 cm³/mol. The average Bonchev–Trinajstić information content (AvgIpc) is 2.46. The summed E-state index contributed by atoms with van der Waals surface area (Å²) in [6.07, 6.45) is 0. The van der Waals surface area contributed by atoms with Gasteiger partial charge in [-0.2, -0.15) is 0 Å². The number of anilines is 1. The molecule has 0 heterocycles. The molecule has 0 fully saturated rings. The number of benzene rings is 2. The number of aryl methyl sites for hydroxylation is 1. The monoisotopic (exact) mass is 273 g/mol. The smallest absolute Gasteiger partial charge is 0.242 e. The van der Waals surface area contributed by atoms with Gasteiger partial charge in [-0.1, -0.05) is 42.5 Å². The van der Waals surface area contributed by atoms with E-state index >= 15 is 0 Å². The lowest BCUT2D eigenvalue weighted by molar-refractivity contribution is -0.116. The summed E-state index contributed by atoms with van der Waals surface area (Å²) in [5.41, 5.74) is 3.17. The molecule has 0 aliphatic heterocycles. The summed E-state index contributed by atoms with van der Waals surface area (Å²) in [7, 11) is 0. The van der Waals surface area contributed by atoms with Crippen LogP contribution in [0.3, 0.4) is 0 Å². The topological polar surface area (TPSA) is 20.3 Å². The molecule has 0 aliphatic rings. The Morgan fingerprint density at radius 3 is 2.32 bits per heavy atom. The van der Waals surface area contributed by atoms with Gasteiger partial charge in [-0.15, -0.1) is 11.6 Å². The van der Waals surface area contributed by atoms with Crippen LogP contribution in [0.1, 0.15) is 11.1 Å². The zero-order valence-electron chi connectivity index (χ0n) is 10.8. The SMILES string of the molecule is Cc1ccccc1CN(C(=O)CCl)c1ccccc1. The van der Waals surface area contributed by atoms with E-state index in [1.807, 2.05) is 61.5 Å². The van der Waals surface area contributed by atoms with Crippen LogP contribution in [0.25, 0.3) is 0 Å². The van der Waals surface area contributed by atoms with E-state index in [9.17, 15) is 4.79 Å². The molecule has 3 heteroatoms. The van der Waals surface area contributed by atoms with Crippen molar-refractivity contribution in [2.45, 2.75) is 13.5 Å². The van der Waals surface area contributed by atoms with Crippen molar-refractivity contribution in [3.05, 3.63) is 65.7 Å². The van der Waals surface area contributed by atoms with E-state index in [0.717, 1.165) is 11.3 Å². The second-order valence-corrected chi connectivity index (χ2v) is 4.64. The van der Waals surface area contributed by atoms with Crippen LogP contribution in [0.2, 0.25) is 0 Å². The first-order valence-corrected chi connectivity index (χ1v) is 6.71. The normalized spacial score (nSPS) is 10.2. The lowest BCUT2D eigenvalue weighted by Gasteiger charge is -2.23. The molecule has 19 heavy (non-hydrogen) atoms. The van der Waals surface area contributed by atoms with Crippen molar-refractivity contribution >= 4 is 23.2 Å². The van der Waals surface area contributed by atoms with Crippen molar-refractivity contribution in [1.29, 1.82) is 0 Å². The lowest BCUT2D eigenvalue weighted by Crippen LogP contribution is -2.31. The largest absolute Gasteiger partial charge is 0.307 e. The van der Waals surface area contributed by atoms with Crippen molar-refractivity contribution in [3.63, 3.8) is 0 Å². The Balaban J connectivity index is 2.30. The molecule has 1 amide bonds. The van der Waals surface area contributed by atoms with Crippen LogP contribution < -0.4 is 4.90 Å². The highest BCUT2D eigenvalue weighted by Gasteiger charge is 2.15. The summed E-state index contributed by atoms with van der Waals surface area (Å²) in [4.78, 5) is 13.7. The molecule has 98 valence electrons. The Morgan fingerprint density at radius 1 is 1.05 bits per heavy atom. The Morgan fingerprint density at radius 2 is 1.68 bits per heavy atom. The van der Waals surface area contributed by atoms with Crippen molar-refractivity contribution in [2.75, 3.05) is 10.8 Å². The number of carbonyl (C=O) groups excluding carboxylic acids is 1. The first kappa shape index (κ1) is 13.6. The number of nitrogens with zero attached hydrogens (tertiary/aromatic N) is 1. The summed E-state index contributed by atoms with van der Waals surface area (Å²) in [6.45, 7) is 2.59. The van der Waals surface area contributed by atoms with Gasteiger partial charge in [-0.3, -0.25) is 4.79 Å². The maximum atomic E-state index is 12.0. The molecule has 0 aliphatic carbocycles. The molecule has 2 nitrogen and oxygen atoms in total. The minimum Gasteiger partial charge on any atom is -0.307 e. The molecule has 0 unspecified atom stereocenters. The van der Waals surface area contributed by atoms with Crippen LogP contribution in [0.4, 0.5) is 5.69 Å². The quantitative estimate of drug-likeness (QED) is 0.777. The van der Waals surface area contributed by atoms with Gasteiger partial charge in [0.1, 0.15) is 5.88 Å². The molecular weight excluding hydrogens is 258 g/mol. The van der Waals surface area contributed by atoms with Crippen LogP contribution >= 0.6 is 11.6 Å². The van der Waals surface area contributed by atoms with Crippen LogP contribution in [-0.2, 0) is 11.3 Å². The van der Waals surface area contributed by atoms with Gasteiger partial charge >= 0.3 is 0 Å². The third kappa shape index (κ3) is 3.36. The Hall–Kier alpha value is -1.80. The van der Waals surface area contributed by atoms with Gasteiger partial charge in [0.25, 0.3) is 0 Å². The number of rotatable bonds is 4. The predicted octanol–water partition coefficient (Wildman–Crippen LogP) is 3.77. The van der Waals surface area contributed by atoms with Crippen LogP contribution in [-0.4, -0.2) is 11.8 Å². The zero-order valence-corrected chi connectivity index (χ0v) is 11.6. The third-order valence-corrected chi connectivity index (χ3v) is 3.30. The number of halogens is 1. The lowest BCUT2D eigenvalue weighted by atomic mass is 10.1. The summed E-state index contributed by atoms with van der Waals surface area (Å²) in [5.74, 6) is -0.100. The maximum Gasteiger partial charge on any atom is 0.242 e. The van der Waals surface area contributed by atoms with E-state index in [4.69, 9.17) is 11.6 Å². The zero-order chi connectivity index (χ0) is 13.7. The Bertz CT molecular complexity index is 554. The minimum absolute atomic E-state index is 0.0131. The van der Waals surface area contributed by atoms with Crippen LogP contribution in [0.15, 0.2) is 54.6 Å². The first-order chi connectivity index (χ1) is 9.22. The molecule has 0 atom stereocenters. The minimum atomic E-state index is -0.0869. The first-order valence-electron chi connectivity index (χ1n) is 6.18. The third-order valence-electron chi connectivity index (χ3n) is 3.07. The fourth-order valence-electron chi connectivity index (χ4n) is 1.96. The van der Waals surface area contributed by atoms with Gasteiger partial charge in [-0.25, -0.2) is 0 Å². The fourth-order valence-corrected chi connectivity index (χ4v) is 2.11. The molecule has 2 rings (SSSR count). The van der Waals surface area contributed by atoms with E-state index in [0.29, 0.717) is 6.54 Å². The molecule has 0 bridgehead atoms.